The van der Waals surface area contributed by atoms with Gasteiger partial charge in [-0.3, -0.25) is 9.69 Å². The average molecular weight is 432 g/mol. The molecule has 1 aliphatic rings. The summed E-state index contributed by atoms with van der Waals surface area (Å²) in [6, 6.07) is 10.9. The molecule has 3 rings (SSSR count). The zero-order chi connectivity index (χ0) is 18.7. The van der Waals surface area contributed by atoms with Crippen LogP contribution >= 0.6 is 46.4 Å². The molecule has 1 heterocycles. The Morgan fingerprint density at radius 2 is 1.85 bits per heavy atom. The maximum absolute atomic E-state index is 12.7. The SMILES string of the molecule is O=C(Nc1cc(Cl)c(Cl)cc1Cl)C1CCCN(Cc2cccc(Cl)c2)C1. The van der Waals surface area contributed by atoms with E-state index in [0.717, 1.165) is 36.5 Å². The first-order valence-corrected chi connectivity index (χ1v) is 9.86. The molecule has 0 spiro atoms. The van der Waals surface area contributed by atoms with Crippen molar-refractivity contribution < 1.29 is 4.79 Å². The number of rotatable bonds is 4. The fourth-order valence-corrected chi connectivity index (χ4v) is 3.97. The van der Waals surface area contributed by atoms with Crippen molar-refractivity contribution in [2.75, 3.05) is 18.4 Å². The Morgan fingerprint density at radius 1 is 1.08 bits per heavy atom. The predicted octanol–water partition coefficient (Wildman–Crippen LogP) is 6.15. The second-order valence-electron chi connectivity index (χ2n) is 6.44. The summed E-state index contributed by atoms with van der Waals surface area (Å²) in [6.45, 7) is 2.43. The molecule has 1 atom stereocenters. The zero-order valence-electron chi connectivity index (χ0n) is 13.9. The van der Waals surface area contributed by atoms with Gasteiger partial charge in [0.15, 0.2) is 0 Å². The van der Waals surface area contributed by atoms with Gasteiger partial charge >= 0.3 is 0 Å². The fraction of sp³-hybridized carbons (Fsp3) is 0.316. The quantitative estimate of drug-likeness (QED) is 0.588. The molecular formula is C19H18Cl4N2O. The summed E-state index contributed by atoms with van der Waals surface area (Å²) < 4.78 is 0. The van der Waals surface area contributed by atoms with E-state index < -0.39 is 0 Å². The molecule has 138 valence electrons. The van der Waals surface area contributed by atoms with Gasteiger partial charge in [-0.25, -0.2) is 0 Å². The van der Waals surface area contributed by atoms with Crippen LogP contribution in [-0.4, -0.2) is 23.9 Å². The minimum atomic E-state index is -0.103. The number of nitrogens with zero attached hydrogens (tertiary/aromatic N) is 1. The molecule has 0 aromatic heterocycles. The zero-order valence-corrected chi connectivity index (χ0v) is 17.0. The Bertz CT molecular complexity index is 812. The molecule has 0 bridgehead atoms. The Hall–Kier alpha value is -0.970. The lowest BCUT2D eigenvalue weighted by atomic mass is 9.96. The topological polar surface area (TPSA) is 32.3 Å². The Morgan fingerprint density at radius 3 is 2.62 bits per heavy atom. The van der Waals surface area contributed by atoms with Crippen LogP contribution in [0.4, 0.5) is 5.69 Å². The van der Waals surface area contributed by atoms with E-state index in [0.29, 0.717) is 27.3 Å². The lowest BCUT2D eigenvalue weighted by Crippen LogP contribution is -2.40. The lowest BCUT2D eigenvalue weighted by molar-refractivity contribution is -0.121. The van der Waals surface area contributed by atoms with Crippen molar-refractivity contribution in [1.82, 2.24) is 4.90 Å². The van der Waals surface area contributed by atoms with Gasteiger partial charge in [-0.2, -0.15) is 0 Å². The summed E-state index contributed by atoms with van der Waals surface area (Å²) >= 11 is 24.2. The number of hydrogen-bond donors (Lipinski definition) is 1. The van der Waals surface area contributed by atoms with Gasteiger partial charge in [0.25, 0.3) is 0 Å². The molecule has 2 aromatic carbocycles. The first kappa shape index (κ1) is 19.8. The third-order valence-electron chi connectivity index (χ3n) is 4.44. The van der Waals surface area contributed by atoms with Crippen molar-refractivity contribution in [3.05, 3.63) is 62.1 Å². The van der Waals surface area contributed by atoms with E-state index in [1.54, 1.807) is 6.07 Å². The van der Waals surface area contributed by atoms with Crippen LogP contribution in [-0.2, 0) is 11.3 Å². The van der Waals surface area contributed by atoms with E-state index in [4.69, 9.17) is 46.4 Å². The monoisotopic (exact) mass is 430 g/mol. The standard InChI is InChI=1S/C19H18Cl4N2O/c20-14-5-1-3-12(7-14)10-25-6-2-4-13(11-25)19(26)24-18-9-16(22)15(21)8-17(18)23/h1,3,5,7-9,13H,2,4,6,10-11H2,(H,24,26). The highest BCUT2D eigenvalue weighted by Crippen LogP contribution is 2.33. The second kappa shape index (κ2) is 8.81. The van der Waals surface area contributed by atoms with Gasteiger partial charge in [0.2, 0.25) is 5.91 Å². The number of hydrogen-bond acceptors (Lipinski definition) is 2. The predicted molar refractivity (Wildman–Crippen MR) is 110 cm³/mol. The van der Waals surface area contributed by atoms with Gasteiger partial charge in [0.05, 0.1) is 26.7 Å². The van der Waals surface area contributed by atoms with Gasteiger partial charge in [-0.15, -0.1) is 0 Å². The van der Waals surface area contributed by atoms with Crippen LogP contribution in [0.25, 0.3) is 0 Å². The molecule has 1 N–H and O–H groups in total. The lowest BCUT2D eigenvalue weighted by Gasteiger charge is -2.32. The van der Waals surface area contributed by atoms with Gasteiger partial charge in [0.1, 0.15) is 0 Å². The average Bonchev–Trinajstić information content (AvgIpc) is 2.60. The Balaban J connectivity index is 1.64. The minimum Gasteiger partial charge on any atom is -0.324 e. The molecular weight excluding hydrogens is 414 g/mol. The molecule has 1 amide bonds. The Kier molecular flexibility index (Phi) is 6.70. The number of carbonyl (C=O) groups is 1. The van der Waals surface area contributed by atoms with Crippen molar-refractivity contribution in [1.29, 1.82) is 0 Å². The van der Waals surface area contributed by atoms with Crippen molar-refractivity contribution in [3.8, 4) is 0 Å². The summed E-state index contributed by atoms with van der Waals surface area (Å²) in [4.78, 5) is 14.9. The van der Waals surface area contributed by atoms with E-state index in [1.165, 1.54) is 6.07 Å². The molecule has 0 aliphatic carbocycles. The number of carbonyl (C=O) groups excluding carboxylic acids is 1. The summed E-state index contributed by atoms with van der Waals surface area (Å²) in [5, 5.41) is 4.70. The van der Waals surface area contributed by atoms with E-state index in [9.17, 15) is 4.79 Å². The number of halogens is 4. The van der Waals surface area contributed by atoms with Gasteiger partial charge in [0, 0.05) is 18.1 Å². The maximum Gasteiger partial charge on any atom is 0.228 e. The molecule has 1 fully saturated rings. The van der Waals surface area contributed by atoms with Crippen LogP contribution in [0.3, 0.4) is 0 Å². The molecule has 2 aromatic rings. The van der Waals surface area contributed by atoms with E-state index >= 15 is 0 Å². The highest BCUT2D eigenvalue weighted by Gasteiger charge is 2.26. The van der Waals surface area contributed by atoms with Crippen molar-refractivity contribution in [2.24, 2.45) is 5.92 Å². The normalized spacial score (nSPS) is 17.9. The third-order valence-corrected chi connectivity index (χ3v) is 5.71. The number of anilines is 1. The summed E-state index contributed by atoms with van der Waals surface area (Å²) in [5.41, 5.74) is 1.63. The minimum absolute atomic E-state index is 0.0546. The molecule has 0 radical (unpaired) electrons. The molecule has 26 heavy (non-hydrogen) atoms. The van der Waals surface area contributed by atoms with Crippen molar-refractivity contribution in [2.45, 2.75) is 19.4 Å². The first-order valence-electron chi connectivity index (χ1n) is 8.34. The first-order chi connectivity index (χ1) is 12.4. The molecule has 1 saturated heterocycles. The van der Waals surface area contributed by atoms with Crippen LogP contribution in [0.2, 0.25) is 20.1 Å². The van der Waals surface area contributed by atoms with Gasteiger partial charge in [-0.05, 0) is 49.2 Å². The van der Waals surface area contributed by atoms with E-state index in [1.807, 2.05) is 24.3 Å². The highest BCUT2D eigenvalue weighted by molar-refractivity contribution is 6.44. The smallest absolute Gasteiger partial charge is 0.228 e. The highest BCUT2D eigenvalue weighted by atomic mass is 35.5. The van der Waals surface area contributed by atoms with E-state index in [-0.39, 0.29) is 11.8 Å². The van der Waals surface area contributed by atoms with Gasteiger partial charge < -0.3 is 5.32 Å². The Labute approximate surface area is 173 Å². The van der Waals surface area contributed by atoms with Crippen molar-refractivity contribution in [3.63, 3.8) is 0 Å². The summed E-state index contributed by atoms with van der Waals surface area (Å²) in [5.74, 6) is -0.158. The molecule has 3 nitrogen and oxygen atoms in total. The number of piperidine rings is 1. The van der Waals surface area contributed by atoms with Crippen LogP contribution in [0.1, 0.15) is 18.4 Å². The molecule has 1 unspecified atom stereocenters. The molecule has 7 heteroatoms. The van der Waals surface area contributed by atoms with E-state index in [2.05, 4.69) is 10.2 Å². The van der Waals surface area contributed by atoms with Crippen LogP contribution in [0.15, 0.2) is 36.4 Å². The van der Waals surface area contributed by atoms with Crippen LogP contribution < -0.4 is 5.32 Å². The number of benzene rings is 2. The molecule has 1 aliphatic heterocycles. The van der Waals surface area contributed by atoms with Crippen LogP contribution in [0.5, 0.6) is 0 Å². The number of amides is 1. The second-order valence-corrected chi connectivity index (χ2v) is 8.10. The number of nitrogens with one attached hydrogen (secondary N) is 1. The van der Waals surface area contributed by atoms with Crippen molar-refractivity contribution >= 4 is 58.0 Å². The summed E-state index contributed by atoms with van der Waals surface area (Å²) in [7, 11) is 0. The maximum atomic E-state index is 12.7. The molecule has 0 saturated carbocycles. The summed E-state index contributed by atoms with van der Waals surface area (Å²) in [6.07, 6.45) is 1.81. The third kappa shape index (κ3) is 5.05. The largest absolute Gasteiger partial charge is 0.324 e. The fourth-order valence-electron chi connectivity index (χ4n) is 3.16. The van der Waals surface area contributed by atoms with Crippen LogP contribution in [0, 0.1) is 5.92 Å². The van der Waals surface area contributed by atoms with Gasteiger partial charge in [-0.1, -0.05) is 58.5 Å². The number of likely N-dealkylation sites (tertiary alicyclic amines) is 1.